The van der Waals surface area contributed by atoms with Crippen LogP contribution in [0.25, 0.3) is 0 Å². The highest BCUT2D eigenvalue weighted by Crippen LogP contribution is 2.20. The Labute approximate surface area is 119 Å². The first-order valence-corrected chi connectivity index (χ1v) is 6.78. The van der Waals surface area contributed by atoms with Crippen molar-refractivity contribution in [3.63, 3.8) is 0 Å². The van der Waals surface area contributed by atoms with E-state index in [0.717, 1.165) is 5.56 Å². The summed E-state index contributed by atoms with van der Waals surface area (Å²) in [5, 5.41) is 0. The number of hydrogen-bond donors (Lipinski definition) is 0. The summed E-state index contributed by atoms with van der Waals surface area (Å²) in [6, 6.07) is 5.74. The van der Waals surface area contributed by atoms with Gasteiger partial charge in [-0.25, -0.2) is 4.98 Å². The quantitative estimate of drug-likeness (QED) is 0.857. The molecular formula is C16H20N2O2. The lowest BCUT2D eigenvalue weighted by Gasteiger charge is -2.10. The molecule has 0 radical (unpaired) electrons. The molecule has 1 aromatic carbocycles. The Bertz CT molecular complexity index is 660. The molecule has 0 saturated carbocycles. The molecule has 0 N–H and O–H groups in total. The minimum absolute atomic E-state index is 0.122. The summed E-state index contributed by atoms with van der Waals surface area (Å²) in [4.78, 5) is 16.3. The molecule has 0 spiro atoms. The van der Waals surface area contributed by atoms with Gasteiger partial charge in [0.1, 0.15) is 5.75 Å². The molecule has 2 rings (SSSR count). The molecule has 20 heavy (non-hydrogen) atoms. The van der Waals surface area contributed by atoms with Crippen LogP contribution >= 0.6 is 0 Å². The lowest BCUT2D eigenvalue weighted by Crippen LogP contribution is -2.23. The third-order valence-electron chi connectivity index (χ3n) is 3.14. The maximum Gasteiger partial charge on any atom is 0.313 e. The van der Waals surface area contributed by atoms with Gasteiger partial charge in [-0.1, -0.05) is 19.9 Å². The molecule has 0 unspecified atom stereocenters. The molecule has 0 aliphatic rings. The third kappa shape index (κ3) is 3.26. The first kappa shape index (κ1) is 14.3. The molecule has 0 fully saturated rings. The lowest BCUT2D eigenvalue weighted by atomic mass is 10.1. The lowest BCUT2D eigenvalue weighted by molar-refractivity contribution is 0.432. The largest absolute Gasteiger partial charge is 0.435 e. The second kappa shape index (κ2) is 5.90. The summed E-state index contributed by atoms with van der Waals surface area (Å²) in [6.45, 7) is 8.84. The molecule has 0 amide bonds. The summed E-state index contributed by atoms with van der Waals surface area (Å²) >= 11 is 0. The molecule has 0 bridgehead atoms. The monoisotopic (exact) mass is 272 g/mol. The molecule has 1 aromatic heterocycles. The predicted molar refractivity (Wildman–Crippen MR) is 79.3 cm³/mol. The molecule has 0 atom stereocenters. The highest BCUT2D eigenvalue weighted by molar-refractivity contribution is 5.35. The molecule has 0 saturated heterocycles. The number of aryl methyl sites for hydroxylation is 2. The van der Waals surface area contributed by atoms with Gasteiger partial charge in [0.15, 0.2) is 0 Å². The normalized spacial score (nSPS) is 10.8. The summed E-state index contributed by atoms with van der Waals surface area (Å²) in [7, 11) is 0. The Kier molecular flexibility index (Phi) is 4.23. The van der Waals surface area contributed by atoms with Crippen molar-refractivity contribution in [1.29, 1.82) is 0 Å². The van der Waals surface area contributed by atoms with Gasteiger partial charge in [-0.3, -0.25) is 4.79 Å². The Balaban J connectivity index is 2.29. The van der Waals surface area contributed by atoms with Crippen molar-refractivity contribution in [3.8, 4) is 11.6 Å². The van der Waals surface area contributed by atoms with Crippen LogP contribution in [0.4, 0.5) is 0 Å². The molecule has 0 aliphatic carbocycles. The van der Waals surface area contributed by atoms with Crippen LogP contribution in [0.15, 0.2) is 35.4 Å². The molecule has 4 heteroatoms. The van der Waals surface area contributed by atoms with Crippen molar-refractivity contribution >= 4 is 0 Å². The molecule has 0 aliphatic heterocycles. The number of rotatable bonds is 4. The van der Waals surface area contributed by atoms with Crippen LogP contribution in [0, 0.1) is 19.8 Å². The summed E-state index contributed by atoms with van der Waals surface area (Å²) in [6.07, 6.45) is 3.29. The summed E-state index contributed by atoms with van der Waals surface area (Å²) < 4.78 is 7.26. The van der Waals surface area contributed by atoms with E-state index in [1.54, 1.807) is 17.0 Å². The first-order chi connectivity index (χ1) is 9.47. The van der Waals surface area contributed by atoms with Crippen molar-refractivity contribution in [2.45, 2.75) is 34.2 Å². The number of benzene rings is 1. The smallest absolute Gasteiger partial charge is 0.313 e. The standard InChI is InChI=1S/C16H20N2O2/c1-11(2)10-18-8-7-17-15(16(18)19)20-14-6-5-12(3)13(4)9-14/h5-9,11H,10H2,1-4H3. The maximum atomic E-state index is 12.2. The second-order valence-electron chi connectivity index (χ2n) is 5.43. The van der Waals surface area contributed by atoms with E-state index in [1.165, 1.54) is 5.56 Å². The highest BCUT2D eigenvalue weighted by Gasteiger charge is 2.09. The highest BCUT2D eigenvalue weighted by atomic mass is 16.5. The topological polar surface area (TPSA) is 44.1 Å². The van der Waals surface area contributed by atoms with Crippen LogP contribution < -0.4 is 10.3 Å². The van der Waals surface area contributed by atoms with E-state index < -0.39 is 0 Å². The van der Waals surface area contributed by atoms with Gasteiger partial charge in [0.2, 0.25) is 0 Å². The fraction of sp³-hybridized carbons (Fsp3) is 0.375. The van der Waals surface area contributed by atoms with Gasteiger partial charge < -0.3 is 9.30 Å². The SMILES string of the molecule is Cc1ccc(Oc2nccn(CC(C)C)c2=O)cc1C. The number of hydrogen-bond acceptors (Lipinski definition) is 3. The fourth-order valence-electron chi connectivity index (χ4n) is 1.92. The van der Waals surface area contributed by atoms with Crippen molar-refractivity contribution in [2.75, 3.05) is 0 Å². The van der Waals surface area contributed by atoms with E-state index in [-0.39, 0.29) is 11.4 Å². The Morgan fingerprint density at radius 3 is 2.65 bits per heavy atom. The van der Waals surface area contributed by atoms with Crippen molar-refractivity contribution in [2.24, 2.45) is 5.92 Å². The Morgan fingerprint density at radius 1 is 1.25 bits per heavy atom. The van der Waals surface area contributed by atoms with Crippen LogP contribution in [-0.4, -0.2) is 9.55 Å². The van der Waals surface area contributed by atoms with E-state index in [0.29, 0.717) is 18.2 Å². The summed E-state index contributed by atoms with van der Waals surface area (Å²) in [5.74, 6) is 1.15. The second-order valence-corrected chi connectivity index (χ2v) is 5.43. The van der Waals surface area contributed by atoms with Crippen LogP contribution in [-0.2, 0) is 6.54 Å². The predicted octanol–water partition coefficient (Wildman–Crippen LogP) is 3.31. The average molecular weight is 272 g/mol. The van der Waals surface area contributed by atoms with Gasteiger partial charge in [-0.2, -0.15) is 0 Å². The molecular weight excluding hydrogens is 252 g/mol. The number of nitrogens with zero attached hydrogens (tertiary/aromatic N) is 2. The Morgan fingerprint density at radius 2 is 2.00 bits per heavy atom. The van der Waals surface area contributed by atoms with Gasteiger partial charge in [0.25, 0.3) is 5.88 Å². The van der Waals surface area contributed by atoms with Gasteiger partial charge in [0, 0.05) is 18.9 Å². The zero-order chi connectivity index (χ0) is 14.7. The fourth-order valence-corrected chi connectivity index (χ4v) is 1.92. The molecule has 2 aromatic rings. The van der Waals surface area contributed by atoms with Crippen molar-refractivity contribution < 1.29 is 4.74 Å². The van der Waals surface area contributed by atoms with Gasteiger partial charge in [0.05, 0.1) is 0 Å². The van der Waals surface area contributed by atoms with Crippen LogP contribution in [0.1, 0.15) is 25.0 Å². The van der Waals surface area contributed by atoms with Crippen molar-refractivity contribution in [1.82, 2.24) is 9.55 Å². The van der Waals surface area contributed by atoms with Crippen molar-refractivity contribution in [3.05, 3.63) is 52.1 Å². The molecule has 106 valence electrons. The van der Waals surface area contributed by atoms with E-state index >= 15 is 0 Å². The van der Waals surface area contributed by atoms with Gasteiger partial charge in [-0.05, 0) is 43.0 Å². The minimum atomic E-state index is -0.195. The minimum Gasteiger partial charge on any atom is -0.435 e. The third-order valence-corrected chi connectivity index (χ3v) is 3.14. The van der Waals surface area contributed by atoms with E-state index in [4.69, 9.17) is 4.74 Å². The average Bonchev–Trinajstić information content (AvgIpc) is 2.38. The Hall–Kier alpha value is -2.10. The number of ether oxygens (including phenoxy) is 1. The van der Waals surface area contributed by atoms with Gasteiger partial charge >= 0.3 is 5.56 Å². The first-order valence-electron chi connectivity index (χ1n) is 6.78. The van der Waals surface area contributed by atoms with E-state index in [9.17, 15) is 4.79 Å². The number of aromatic nitrogens is 2. The van der Waals surface area contributed by atoms with Crippen LogP contribution in [0.2, 0.25) is 0 Å². The molecule has 4 nitrogen and oxygen atoms in total. The van der Waals surface area contributed by atoms with Gasteiger partial charge in [-0.15, -0.1) is 0 Å². The summed E-state index contributed by atoms with van der Waals surface area (Å²) in [5.41, 5.74) is 2.12. The van der Waals surface area contributed by atoms with Crippen LogP contribution in [0.3, 0.4) is 0 Å². The molecule has 1 heterocycles. The van der Waals surface area contributed by atoms with E-state index in [2.05, 4.69) is 18.8 Å². The van der Waals surface area contributed by atoms with E-state index in [1.807, 2.05) is 32.0 Å². The maximum absolute atomic E-state index is 12.2. The zero-order valence-corrected chi connectivity index (χ0v) is 12.4. The zero-order valence-electron chi connectivity index (χ0n) is 12.4. The van der Waals surface area contributed by atoms with Crippen LogP contribution in [0.5, 0.6) is 11.6 Å².